The van der Waals surface area contributed by atoms with Crippen molar-refractivity contribution in [2.75, 3.05) is 44.7 Å². The standard InChI is InChI=1S/C20H24N6O2S/c1-24-6-8-25(9-7-24)20-21-12-15-18(23-20)26(13-14-4-2-10-28-14)19(27)17(22-15)16-5-3-11-29-16/h3,5,11-12,14H,2,4,6-10,13H2,1H3/t14-/m1/s1. The maximum absolute atomic E-state index is 13.4. The molecule has 2 aliphatic rings. The van der Waals surface area contributed by atoms with Crippen molar-refractivity contribution in [2.24, 2.45) is 0 Å². The van der Waals surface area contributed by atoms with Crippen molar-refractivity contribution in [1.82, 2.24) is 24.4 Å². The number of ether oxygens (including phenoxy) is 1. The van der Waals surface area contributed by atoms with E-state index in [0.717, 1.165) is 50.5 Å². The van der Waals surface area contributed by atoms with Crippen LogP contribution >= 0.6 is 11.3 Å². The molecule has 0 saturated carbocycles. The molecule has 2 fully saturated rings. The van der Waals surface area contributed by atoms with Crippen molar-refractivity contribution >= 4 is 28.4 Å². The molecule has 0 amide bonds. The van der Waals surface area contributed by atoms with Crippen LogP contribution in [0.25, 0.3) is 21.7 Å². The molecule has 0 spiro atoms. The van der Waals surface area contributed by atoms with Crippen molar-refractivity contribution in [3.63, 3.8) is 0 Å². The van der Waals surface area contributed by atoms with E-state index in [-0.39, 0.29) is 11.7 Å². The summed E-state index contributed by atoms with van der Waals surface area (Å²) >= 11 is 1.52. The first kappa shape index (κ1) is 18.7. The van der Waals surface area contributed by atoms with Gasteiger partial charge in [-0.15, -0.1) is 11.3 Å². The third-order valence-electron chi connectivity index (χ3n) is 5.62. The number of aromatic nitrogens is 4. The summed E-state index contributed by atoms with van der Waals surface area (Å²) < 4.78 is 7.56. The number of nitrogens with zero attached hydrogens (tertiary/aromatic N) is 6. The van der Waals surface area contributed by atoms with Crippen molar-refractivity contribution in [2.45, 2.75) is 25.5 Å². The van der Waals surface area contributed by atoms with Crippen LogP contribution in [0.4, 0.5) is 5.95 Å². The number of likely N-dealkylation sites (N-methyl/N-ethyl adjacent to an activating group) is 1. The van der Waals surface area contributed by atoms with E-state index in [1.165, 1.54) is 11.3 Å². The van der Waals surface area contributed by atoms with E-state index in [4.69, 9.17) is 9.72 Å². The first-order chi connectivity index (χ1) is 14.2. The van der Waals surface area contributed by atoms with E-state index in [0.29, 0.717) is 29.4 Å². The first-order valence-corrected chi connectivity index (χ1v) is 10.9. The topological polar surface area (TPSA) is 76.4 Å². The van der Waals surface area contributed by atoms with Gasteiger partial charge in [-0.2, -0.15) is 4.98 Å². The van der Waals surface area contributed by atoms with Crippen molar-refractivity contribution < 1.29 is 4.74 Å². The highest BCUT2D eigenvalue weighted by Crippen LogP contribution is 2.23. The van der Waals surface area contributed by atoms with Gasteiger partial charge in [0.15, 0.2) is 5.65 Å². The second-order valence-electron chi connectivity index (χ2n) is 7.66. The second kappa shape index (κ2) is 7.81. The molecule has 0 aromatic carbocycles. The van der Waals surface area contributed by atoms with E-state index >= 15 is 0 Å². The highest BCUT2D eigenvalue weighted by molar-refractivity contribution is 7.13. The molecule has 8 nitrogen and oxygen atoms in total. The summed E-state index contributed by atoms with van der Waals surface area (Å²) in [4.78, 5) is 32.7. The molecule has 5 heterocycles. The smallest absolute Gasteiger partial charge is 0.279 e. The fourth-order valence-corrected chi connectivity index (χ4v) is 4.63. The molecule has 1 atom stereocenters. The van der Waals surface area contributed by atoms with Gasteiger partial charge in [-0.3, -0.25) is 9.36 Å². The predicted molar refractivity (Wildman–Crippen MR) is 114 cm³/mol. The number of hydrogen-bond donors (Lipinski definition) is 0. The summed E-state index contributed by atoms with van der Waals surface area (Å²) in [6.45, 7) is 4.94. The van der Waals surface area contributed by atoms with Crippen LogP contribution in [0.3, 0.4) is 0 Å². The molecule has 0 unspecified atom stereocenters. The largest absolute Gasteiger partial charge is 0.376 e. The Morgan fingerprint density at radius 2 is 2.10 bits per heavy atom. The lowest BCUT2D eigenvalue weighted by Gasteiger charge is -2.32. The highest BCUT2D eigenvalue weighted by Gasteiger charge is 2.23. The van der Waals surface area contributed by atoms with Gasteiger partial charge in [-0.25, -0.2) is 9.97 Å². The summed E-state index contributed by atoms with van der Waals surface area (Å²) in [5.41, 5.74) is 1.58. The van der Waals surface area contributed by atoms with Crippen LogP contribution in [0.15, 0.2) is 28.5 Å². The maximum Gasteiger partial charge on any atom is 0.279 e. The lowest BCUT2D eigenvalue weighted by Crippen LogP contribution is -2.45. The van der Waals surface area contributed by atoms with E-state index in [9.17, 15) is 4.79 Å². The Balaban J connectivity index is 1.61. The van der Waals surface area contributed by atoms with Crippen LogP contribution in [0.5, 0.6) is 0 Å². The Kier molecular flexibility index (Phi) is 5.03. The van der Waals surface area contributed by atoms with Gasteiger partial charge in [0, 0.05) is 32.8 Å². The predicted octanol–water partition coefficient (Wildman–Crippen LogP) is 1.85. The molecule has 0 bridgehead atoms. The SMILES string of the molecule is CN1CCN(c2ncc3nc(-c4cccs4)c(=O)n(C[C@H]4CCCO4)c3n2)CC1. The van der Waals surface area contributed by atoms with Crippen LogP contribution in [0, 0.1) is 0 Å². The van der Waals surface area contributed by atoms with Crippen LogP contribution in [-0.4, -0.2) is 70.4 Å². The Morgan fingerprint density at radius 3 is 2.83 bits per heavy atom. The van der Waals surface area contributed by atoms with Gasteiger partial charge in [0.1, 0.15) is 11.2 Å². The number of rotatable bonds is 4. The minimum atomic E-state index is -0.113. The van der Waals surface area contributed by atoms with Crippen molar-refractivity contribution in [3.05, 3.63) is 34.1 Å². The molecule has 3 aromatic rings. The molecule has 9 heteroatoms. The fraction of sp³-hybridized carbons (Fsp3) is 0.500. The molecule has 0 aliphatic carbocycles. The first-order valence-electron chi connectivity index (χ1n) is 10.1. The number of anilines is 1. The summed E-state index contributed by atoms with van der Waals surface area (Å²) in [5.74, 6) is 0.664. The molecule has 0 N–H and O–H groups in total. The molecule has 152 valence electrons. The van der Waals surface area contributed by atoms with Crippen LogP contribution in [0.2, 0.25) is 0 Å². The number of fused-ring (bicyclic) bond motifs is 1. The summed E-state index contributed by atoms with van der Waals surface area (Å²) in [6, 6.07) is 3.86. The zero-order chi connectivity index (χ0) is 19.8. The van der Waals surface area contributed by atoms with Gasteiger partial charge in [0.2, 0.25) is 5.95 Å². The van der Waals surface area contributed by atoms with E-state index < -0.39 is 0 Å². The number of thiophene rings is 1. The van der Waals surface area contributed by atoms with Crippen molar-refractivity contribution in [1.29, 1.82) is 0 Å². The average molecular weight is 413 g/mol. The number of hydrogen-bond acceptors (Lipinski definition) is 8. The summed E-state index contributed by atoms with van der Waals surface area (Å²) in [7, 11) is 2.12. The highest BCUT2D eigenvalue weighted by atomic mass is 32.1. The minimum absolute atomic E-state index is 0.0385. The molecule has 0 radical (unpaired) electrons. The lowest BCUT2D eigenvalue weighted by molar-refractivity contribution is 0.0971. The normalized spacial score (nSPS) is 20.6. The second-order valence-corrected chi connectivity index (χ2v) is 8.61. The zero-order valence-electron chi connectivity index (χ0n) is 16.5. The lowest BCUT2D eigenvalue weighted by atomic mass is 10.2. The zero-order valence-corrected chi connectivity index (χ0v) is 17.3. The molecule has 2 aliphatic heterocycles. The molecule has 5 rings (SSSR count). The Labute approximate surface area is 172 Å². The summed E-state index contributed by atoms with van der Waals surface area (Å²) in [5, 5.41) is 1.96. The Hall–Kier alpha value is -2.36. The quantitative estimate of drug-likeness (QED) is 0.647. The molecule has 29 heavy (non-hydrogen) atoms. The van der Waals surface area contributed by atoms with Crippen LogP contribution < -0.4 is 10.5 Å². The maximum atomic E-state index is 13.4. The van der Waals surface area contributed by atoms with Gasteiger partial charge in [-0.1, -0.05) is 6.07 Å². The van der Waals surface area contributed by atoms with E-state index in [2.05, 4.69) is 26.8 Å². The van der Waals surface area contributed by atoms with Gasteiger partial charge in [-0.05, 0) is 31.3 Å². The summed E-state index contributed by atoms with van der Waals surface area (Å²) in [6.07, 6.45) is 3.78. The van der Waals surface area contributed by atoms with Gasteiger partial charge in [0.25, 0.3) is 5.56 Å². The molecule has 3 aromatic heterocycles. The average Bonchev–Trinajstić information content (AvgIpc) is 3.44. The Bertz CT molecular complexity index is 1050. The van der Waals surface area contributed by atoms with E-state index in [1.54, 1.807) is 10.8 Å². The fourth-order valence-electron chi connectivity index (χ4n) is 3.92. The number of piperazine rings is 1. The third-order valence-corrected chi connectivity index (χ3v) is 6.50. The van der Waals surface area contributed by atoms with Gasteiger partial charge in [0.05, 0.1) is 23.7 Å². The van der Waals surface area contributed by atoms with Crippen molar-refractivity contribution in [3.8, 4) is 10.6 Å². The van der Waals surface area contributed by atoms with Crippen LogP contribution in [0.1, 0.15) is 12.8 Å². The van der Waals surface area contributed by atoms with Gasteiger partial charge >= 0.3 is 0 Å². The molecular weight excluding hydrogens is 388 g/mol. The third kappa shape index (κ3) is 3.65. The van der Waals surface area contributed by atoms with Crippen LogP contribution in [-0.2, 0) is 11.3 Å². The van der Waals surface area contributed by atoms with E-state index in [1.807, 2.05) is 17.5 Å². The molecule has 2 saturated heterocycles. The van der Waals surface area contributed by atoms with Gasteiger partial charge < -0.3 is 14.5 Å². The minimum Gasteiger partial charge on any atom is -0.376 e. The Morgan fingerprint density at radius 1 is 1.24 bits per heavy atom. The molecular formula is C20H24N6O2S. The monoisotopic (exact) mass is 412 g/mol.